The van der Waals surface area contributed by atoms with Crippen molar-refractivity contribution in [3.8, 4) is 0 Å². The van der Waals surface area contributed by atoms with E-state index in [-0.39, 0.29) is 12.3 Å². The maximum atomic E-state index is 12.4. The third-order valence-electron chi connectivity index (χ3n) is 3.50. The number of carbonyl (C=O) groups excluding carboxylic acids is 2. The fraction of sp³-hybridized carbons (Fsp3) is 0.176. The van der Waals surface area contributed by atoms with Crippen LogP contribution in [0.25, 0.3) is 0 Å². The number of nitrogens with two attached hydrogens (primary N) is 1. The van der Waals surface area contributed by atoms with Gasteiger partial charge < -0.3 is 16.4 Å². The molecular formula is C17H17BrClN3O2. The van der Waals surface area contributed by atoms with Gasteiger partial charge in [0.2, 0.25) is 5.91 Å². The van der Waals surface area contributed by atoms with Gasteiger partial charge in [-0.15, -0.1) is 0 Å². The third kappa shape index (κ3) is 4.97. The van der Waals surface area contributed by atoms with Gasteiger partial charge in [-0.05, 0) is 42.3 Å². The zero-order valence-electron chi connectivity index (χ0n) is 13.0. The van der Waals surface area contributed by atoms with Crippen LogP contribution in [-0.4, -0.2) is 11.9 Å². The maximum Gasteiger partial charge on any atom is 0.312 e. The predicted molar refractivity (Wildman–Crippen MR) is 99.0 cm³/mol. The topological polar surface area (TPSA) is 84.2 Å². The fourth-order valence-corrected chi connectivity index (χ4v) is 2.87. The van der Waals surface area contributed by atoms with Crippen molar-refractivity contribution in [3.63, 3.8) is 0 Å². The number of amides is 3. The molecule has 2 aromatic rings. The van der Waals surface area contributed by atoms with Crippen molar-refractivity contribution in [1.82, 2.24) is 5.32 Å². The summed E-state index contributed by atoms with van der Waals surface area (Å²) in [6, 6.07) is 11.4. The summed E-state index contributed by atoms with van der Waals surface area (Å²) in [5, 5.41) is 5.98. The Balaban J connectivity index is 2.15. The van der Waals surface area contributed by atoms with Crippen molar-refractivity contribution in [2.75, 3.05) is 5.32 Å². The first kappa shape index (κ1) is 18.3. The highest BCUT2D eigenvalue weighted by Gasteiger charge is 2.18. The number of hydrogen-bond acceptors (Lipinski definition) is 2. The minimum atomic E-state index is -0.688. The number of hydrogen-bond donors (Lipinski definition) is 3. The molecule has 0 saturated heterocycles. The van der Waals surface area contributed by atoms with Gasteiger partial charge in [-0.25, -0.2) is 4.79 Å². The summed E-state index contributed by atoms with van der Waals surface area (Å²) in [6.45, 7) is 1.82. The second-order valence-electron chi connectivity index (χ2n) is 5.28. The smallest absolute Gasteiger partial charge is 0.312 e. The first-order chi connectivity index (χ1) is 11.4. The Labute approximate surface area is 153 Å². The normalized spacial score (nSPS) is 11.6. The molecule has 24 heavy (non-hydrogen) atoms. The lowest BCUT2D eigenvalue weighted by molar-refractivity contribution is -0.116. The molecule has 0 saturated carbocycles. The number of rotatable bonds is 5. The lowest BCUT2D eigenvalue weighted by Gasteiger charge is -2.18. The second kappa shape index (κ2) is 8.17. The molecule has 0 aliphatic rings. The van der Waals surface area contributed by atoms with Crippen LogP contribution in [0.1, 0.15) is 23.6 Å². The second-order valence-corrected chi connectivity index (χ2v) is 6.60. The van der Waals surface area contributed by atoms with Gasteiger partial charge in [0.1, 0.15) is 0 Å². The Hall–Kier alpha value is -2.05. The van der Waals surface area contributed by atoms with Gasteiger partial charge in [0, 0.05) is 15.2 Å². The number of halogens is 2. The molecule has 7 heteroatoms. The first-order valence-corrected chi connectivity index (χ1v) is 8.40. The van der Waals surface area contributed by atoms with Gasteiger partial charge >= 0.3 is 6.03 Å². The van der Waals surface area contributed by atoms with Crippen LogP contribution in [0.15, 0.2) is 46.9 Å². The van der Waals surface area contributed by atoms with Crippen LogP contribution in [0, 0.1) is 6.92 Å². The molecule has 0 fully saturated rings. The van der Waals surface area contributed by atoms with Crippen LogP contribution in [0.3, 0.4) is 0 Å². The number of anilines is 1. The van der Waals surface area contributed by atoms with Crippen LogP contribution >= 0.6 is 27.5 Å². The summed E-state index contributed by atoms with van der Waals surface area (Å²) in [5.74, 6) is -0.251. The van der Waals surface area contributed by atoms with E-state index in [1.54, 1.807) is 18.2 Å². The molecule has 0 heterocycles. The van der Waals surface area contributed by atoms with E-state index in [4.69, 9.17) is 17.3 Å². The zero-order chi connectivity index (χ0) is 17.7. The number of urea groups is 1. The molecule has 2 aromatic carbocycles. The molecule has 3 amide bonds. The number of primary amides is 1. The van der Waals surface area contributed by atoms with Gasteiger partial charge in [-0.2, -0.15) is 0 Å². The molecule has 0 radical (unpaired) electrons. The van der Waals surface area contributed by atoms with E-state index in [1.165, 1.54) is 0 Å². The van der Waals surface area contributed by atoms with E-state index in [0.29, 0.717) is 10.7 Å². The molecular weight excluding hydrogens is 394 g/mol. The molecule has 1 unspecified atom stereocenters. The summed E-state index contributed by atoms with van der Waals surface area (Å²) in [7, 11) is 0. The largest absolute Gasteiger partial charge is 0.352 e. The fourth-order valence-electron chi connectivity index (χ4n) is 2.28. The van der Waals surface area contributed by atoms with Crippen molar-refractivity contribution in [2.24, 2.45) is 5.73 Å². The molecule has 0 aliphatic carbocycles. The molecule has 0 aromatic heterocycles. The van der Waals surface area contributed by atoms with Crippen molar-refractivity contribution in [1.29, 1.82) is 0 Å². The summed E-state index contributed by atoms with van der Waals surface area (Å²) in [6.07, 6.45) is 0.0470. The predicted octanol–water partition coefficient (Wildman–Crippen LogP) is 4.15. The van der Waals surface area contributed by atoms with Crippen LogP contribution < -0.4 is 16.4 Å². The van der Waals surface area contributed by atoms with Crippen molar-refractivity contribution >= 4 is 45.2 Å². The van der Waals surface area contributed by atoms with E-state index < -0.39 is 12.1 Å². The van der Waals surface area contributed by atoms with Crippen molar-refractivity contribution in [3.05, 3.63) is 63.1 Å². The van der Waals surface area contributed by atoms with E-state index in [0.717, 1.165) is 15.6 Å². The van der Waals surface area contributed by atoms with Crippen LogP contribution in [-0.2, 0) is 4.79 Å². The van der Waals surface area contributed by atoms with Crippen LogP contribution in [0.4, 0.5) is 10.5 Å². The van der Waals surface area contributed by atoms with E-state index in [2.05, 4.69) is 26.6 Å². The SMILES string of the molecule is Cc1c(Cl)cccc1NC(=O)CC(NC(N)=O)c1cccc(Br)c1. The highest BCUT2D eigenvalue weighted by Crippen LogP contribution is 2.25. The molecule has 4 N–H and O–H groups in total. The molecule has 0 aliphatic heterocycles. The number of benzene rings is 2. The van der Waals surface area contributed by atoms with Gasteiger partial charge in [0.15, 0.2) is 0 Å². The zero-order valence-corrected chi connectivity index (χ0v) is 15.3. The Morgan fingerprint density at radius 1 is 1.25 bits per heavy atom. The summed E-state index contributed by atoms with van der Waals surface area (Å²) in [5.41, 5.74) is 7.43. The highest BCUT2D eigenvalue weighted by molar-refractivity contribution is 9.10. The minimum Gasteiger partial charge on any atom is -0.352 e. The van der Waals surface area contributed by atoms with Crippen molar-refractivity contribution in [2.45, 2.75) is 19.4 Å². The van der Waals surface area contributed by atoms with Gasteiger partial charge in [0.05, 0.1) is 12.5 Å². The lowest BCUT2D eigenvalue weighted by Crippen LogP contribution is -2.35. The van der Waals surface area contributed by atoms with Crippen LogP contribution in [0.5, 0.6) is 0 Å². The van der Waals surface area contributed by atoms with Gasteiger partial charge in [-0.3, -0.25) is 4.79 Å². The summed E-state index contributed by atoms with van der Waals surface area (Å²) < 4.78 is 0.849. The minimum absolute atomic E-state index is 0.0470. The Morgan fingerprint density at radius 2 is 1.96 bits per heavy atom. The Kier molecular flexibility index (Phi) is 6.23. The molecule has 126 valence electrons. The maximum absolute atomic E-state index is 12.4. The highest BCUT2D eigenvalue weighted by atomic mass is 79.9. The average Bonchev–Trinajstić information content (AvgIpc) is 2.51. The lowest BCUT2D eigenvalue weighted by atomic mass is 10.0. The average molecular weight is 411 g/mol. The summed E-state index contributed by atoms with van der Waals surface area (Å²) in [4.78, 5) is 23.6. The number of nitrogens with one attached hydrogen (secondary N) is 2. The first-order valence-electron chi connectivity index (χ1n) is 7.23. The molecule has 0 bridgehead atoms. The van der Waals surface area contributed by atoms with Gasteiger partial charge in [0.25, 0.3) is 0 Å². The van der Waals surface area contributed by atoms with Crippen LogP contribution in [0.2, 0.25) is 5.02 Å². The van der Waals surface area contributed by atoms with E-state index in [9.17, 15) is 9.59 Å². The quantitative estimate of drug-likeness (QED) is 0.692. The molecule has 2 rings (SSSR count). The van der Waals surface area contributed by atoms with E-state index in [1.807, 2.05) is 31.2 Å². The standard InChI is InChI=1S/C17H17BrClN3O2/c1-10-13(19)6-3-7-14(10)21-16(23)9-15(22-17(20)24)11-4-2-5-12(18)8-11/h2-8,15H,9H2,1H3,(H,21,23)(H3,20,22,24). The molecule has 0 spiro atoms. The summed E-state index contributed by atoms with van der Waals surface area (Å²) >= 11 is 9.43. The van der Waals surface area contributed by atoms with Crippen molar-refractivity contribution < 1.29 is 9.59 Å². The molecule has 1 atom stereocenters. The third-order valence-corrected chi connectivity index (χ3v) is 4.40. The van der Waals surface area contributed by atoms with Gasteiger partial charge in [-0.1, -0.05) is 45.7 Å². The van der Waals surface area contributed by atoms with E-state index >= 15 is 0 Å². The number of carbonyl (C=O) groups is 2. The molecule has 5 nitrogen and oxygen atoms in total. The Bertz CT molecular complexity index is 767. The Morgan fingerprint density at radius 3 is 2.62 bits per heavy atom. The monoisotopic (exact) mass is 409 g/mol.